The maximum atomic E-state index is 5.72. The minimum absolute atomic E-state index is 0.168. The van der Waals surface area contributed by atoms with Gasteiger partial charge in [0.25, 0.3) is 0 Å². The molecular formula is C13H27NO. The molecule has 1 atom stereocenters. The molecule has 0 amide bonds. The fraction of sp³-hybridized carbons (Fsp3) is 1.00. The Morgan fingerprint density at radius 2 is 2.00 bits per heavy atom. The summed E-state index contributed by atoms with van der Waals surface area (Å²) in [5.74, 6) is 0. The number of ether oxygens (including phenoxy) is 1. The maximum absolute atomic E-state index is 5.72. The standard InChI is InChI=1S/C13H27NO/c1-4-5-6-7-9-12(14-2)13(15-3)10-8-11-13/h12,14H,4-11H2,1-3H3. The van der Waals surface area contributed by atoms with E-state index >= 15 is 0 Å². The Hall–Kier alpha value is -0.0800. The van der Waals surface area contributed by atoms with Crippen LogP contribution >= 0.6 is 0 Å². The van der Waals surface area contributed by atoms with Crippen LogP contribution in [0.1, 0.15) is 58.3 Å². The molecule has 1 unspecified atom stereocenters. The van der Waals surface area contributed by atoms with Crippen LogP contribution < -0.4 is 5.32 Å². The number of nitrogens with one attached hydrogen (secondary N) is 1. The second kappa shape index (κ2) is 6.49. The molecule has 0 bridgehead atoms. The van der Waals surface area contributed by atoms with E-state index in [0.717, 1.165) is 0 Å². The first kappa shape index (κ1) is 13.0. The van der Waals surface area contributed by atoms with Crippen LogP contribution in [0.4, 0.5) is 0 Å². The second-order valence-electron chi connectivity index (χ2n) is 4.81. The molecular weight excluding hydrogens is 186 g/mol. The minimum atomic E-state index is 0.168. The van der Waals surface area contributed by atoms with Crippen molar-refractivity contribution in [2.45, 2.75) is 69.9 Å². The number of likely N-dealkylation sites (N-methyl/N-ethyl adjacent to an activating group) is 1. The molecule has 1 aliphatic carbocycles. The molecule has 0 radical (unpaired) electrons. The molecule has 0 aromatic rings. The van der Waals surface area contributed by atoms with E-state index in [1.54, 1.807) is 0 Å². The molecule has 1 aliphatic rings. The van der Waals surface area contributed by atoms with Gasteiger partial charge in [0, 0.05) is 13.2 Å². The summed E-state index contributed by atoms with van der Waals surface area (Å²) in [6.07, 6.45) is 10.5. The summed E-state index contributed by atoms with van der Waals surface area (Å²) < 4.78 is 5.72. The fourth-order valence-corrected chi connectivity index (χ4v) is 2.67. The van der Waals surface area contributed by atoms with Gasteiger partial charge in [0.1, 0.15) is 0 Å². The van der Waals surface area contributed by atoms with Crippen molar-refractivity contribution in [2.24, 2.45) is 0 Å². The van der Waals surface area contributed by atoms with Gasteiger partial charge in [0.2, 0.25) is 0 Å². The van der Waals surface area contributed by atoms with E-state index in [9.17, 15) is 0 Å². The summed E-state index contributed by atoms with van der Waals surface area (Å²) in [6, 6.07) is 0.563. The average molecular weight is 213 g/mol. The molecule has 0 saturated heterocycles. The lowest BCUT2D eigenvalue weighted by Crippen LogP contribution is -2.55. The van der Waals surface area contributed by atoms with Gasteiger partial charge in [-0.15, -0.1) is 0 Å². The third kappa shape index (κ3) is 3.18. The molecule has 2 nitrogen and oxygen atoms in total. The van der Waals surface area contributed by atoms with E-state index in [1.165, 1.54) is 51.4 Å². The van der Waals surface area contributed by atoms with E-state index in [4.69, 9.17) is 4.74 Å². The lowest BCUT2D eigenvalue weighted by molar-refractivity contribution is -0.0988. The van der Waals surface area contributed by atoms with Crippen LogP contribution in [-0.2, 0) is 4.74 Å². The van der Waals surface area contributed by atoms with Gasteiger partial charge in [0.15, 0.2) is 0 Å². The summed E-state index contributed by atoms with van der Waals surface area (Å²) in [4.78, 5) is 0. The van der Waals surface area contributed by atoms with Crippen LogP contribution in [0, 0.1) is 0 Å². The Labute approximate surface area is 94.8 Å². The molecule has 1 rings (SSSR count). The highest BCUT2D eigenvalue weighted by Gasteiger charge is 2.43. The van der Waals surface area contributed by atoms with Gasteiger partial charge in [0.05, 0.1) is 5.60 Å². The third-order valence-electron chi connectivity index (χ3n) is 3.94. The molecule has 1 N–H and O–H groups in total. The number of hydrogen-bond donors (Lipinski definition) is 1. The largest absolute Gasteiger partial charge is 0.377 e. The third-order valence-corrected chi connectivity index (χ3v) is 3.94. The molecule has 1 fully saturated rings. The summed E-state index contributed by atoms with van der Waals surface area (Å²) in [5, 5.41) is 3.45. The lowest BCUT2D eigenvalue weighted by Gasteiger charge is -2.46. The molecule has 0 spiro atoms. The maximum Gasteiger partial charge on any atom is 0.0830 e. The normalized spacial score (nSPS) is 21.0. The van der Waals surface area contributed by atoms with Crippen LogP contribution in [0.5, 0.6) is 0 Å². The second-order valence-corrected chi connectivity index (χ2v) is 4.81. The zero-order chi connectivity index (χ0) is 11.1. The van der Waals surface area contributed by atoms with E-state index in [-0.39, 0.29) is 5.60 Å². The first-order valence-corrected chi connectivity index (χ1v) is 6.51. The quantitative estimate of drug-likeness (QED) is 0.626. The number of rotatable bonds is 8. The minimum Gasteiger partial charge on any atom is -0.377 e. The fourth-order valence-electron chi connectivity index (χ4n) is 2.67. The van der Waals surface area contributed by atoms with Crippen molar-refractivity contribution >= 4 is 0 Å². The molecule has 0 aromatic heterocycles. The van der Waals surface area contributed by atoms with Gasteiger partial charge in [-0.25, -0.2) is 0 Å². The summed E-state index contributed by atoms with van der Waals surface area (Å²) in [5.41, 5.74) is 0.168. The van der Waals surface area contributed by atoms with Crippen molar-refractivity contribution in [3.05, 3.63) is 0 Å². The summed E-state index contributed by atoms with van der Waals surface area (Å²) in [6.45, 7) is 2.26. The monoisotopic (exact) mass is 213 g/mol. The van der Waals surface area contributed by atoms with Crippen molar-refractivity contribution in [1.29, 1.82) is 0 Å². The highest BCUT2D eigenvalue weighted by atomic mass is 16.5. The van der Waals surface area contributed by atoms with Crippen LogP contribution in [0.3, 0.4) is 0 Å². The molecule has 15 heavy (non-hydrogen) atoms. The molecule has 1 saturated carbocycles. The predicted octanol–water partition coefficient (Wildman–Crippen LogP) is 3.11. The van der Waals surface area contributed by atoms with Crippen molar-refractivity contribution in [3.8, 4) is 0 Å². The zero-order valence-corrected chi connectivity index (χ0v) is 10.6. The van der Waals surface area contributed by atoms with Gasteiger partial charge >= 0.3 is 0 Å². The first-order chi connectivity index (χ1) is 7.29. The lowest BCUT2D eigenvalue weighted by atomic mass is 9.73. The van der Waals surface area contributed by atoms with E-state index in [0.29, 0.717) is 6.04 Å². The average Bonchev–Trinajstić information content (AvgIpc) is 2.20. The van der Waals surface area contributed by atoms with Crippen molar-refractivity contribution in [2.75, 3.05) is 14.2 Å². The topological polar surface area (TPSA) is 21.3 Å². The highest BCUT2D eigenvalue weighted by Crippen LogP contribution is 2.39. The van der Waals surface area contributed by atoms with Gasteiger partial charge in [-0.1, -0.05) is 32.6 Å². The van der Waals surface area contributed by atoms with Crippen LogP contribution in [0.2, 0.25) is 0 Å². The number of methoxy groups -OCH3 is 1. The first-order valence-electron chi connectivity index (χ1n) is 6.51. The van der Waals surface area contributed by atoms with Crippen LogP contribution in [-0.4, -0.2) is 25.8 Å². The highest BCUT2D eigenvalue weighted by molar-refractivity contribution is 4.98. The van der Waals surface area contributed by atoms with Crippen molar-refractivity contribution in [1.82, 2.24) is 5.32 Å². The zero-order valence-electron chi connectivity index (χ0n) is 10.6. The van der Waals surface area contributed by atoms with Gasteiger partial charge in [-0.2, -0.15) is 0 Å². The van der Waals surface area contributed by atoms with Gasteiger partial charge < -0.3 is 10.1 Å². The molecule has 0 aromatic carbocycles. The Bertz CT molecular complexity index is 160. The Morgan fingerprint density at radius 3 is 2.40 bits per heavy atom. The molecule has 90 valence electrons. The molecule has 0 aliphatic heterocycles. The summed E-state index contributed by atoms with van der Waals surface area (Å²) in [7, 11) is 3.94. The predicted molar refractivity (Wildman–Crippen MR) is 65.2 cm³/mol. The number of unbranched alkanes of at least 4 members (excludes halogenated alkanes) is 3. The molecule has 2 heteroatoms. The van der Waals surface area contributed by atoms with Gasteiger partial charge in [-0.3, -0.25) is 0 Å². The summed E-state index contributed by atoms with van der Waals surface area (Å²) >= 11 is 0. The van der Waals surface area contributed by atoms with Crippen molar-refractivity contribution in [3.63, 3.8) is 0 Å². The SMILES string of the molecule is CCCCCCC(NC)C1(OC)CCC1. The Morgan fingerprint density at radius 1 is 1.27 bits per heavy atom. The smallest absolute Gasteiger partial charge is 0.0830 e. The van der Waals surface area contributed by atoms with Crippen LogP contribution in [0.25, 0.3) is 0 Å². The van der Waals surface area contributed by atoms with Crippen LogP contribution in [0.15, 0.2) is 0 Å². The number of hydrogen-bond acceptors (Lipinski definition) is 2. The van der Waals surface area contributed by atoms with Crippen molar-refractivity contribution < 1.29 is 4.74 Å². The van der Waals surface area contributed by atoms with E-state index in [2.05, 4.69) is 19.3 Å². The molecule has 0 heterocycles. The Balaban J connectivity index is 2.28. The van der Waals surface area contributed by atoms with E-state index < -0.39 is 0 Å². The van der Waals surface area contributed by atoms with Gasteiger partial charge in [-0.05, 0) is 32.7 Å². The van der Waals surface area contributed by atoms with E-state index in [1.807, 2.05) is 7.11 Å². The Kier molecular flexibility index (Phi) is 5.62.